The normalized spacial score (nSPS) is 16.6. The molecule has 25 heavy (non-hydrogen) atoms. The van der Waals surface area contributed by atoms with Crippen molar-refractivity contribution in [2.75, 3.05) is 36.4 Å². The van der Waals surface area contributed by atoms with Gasteiger partial charge < -0.3 is 15.1 Å². The Hall–Kier alpha value is -2.82. The highest BCUT2D eigenvalue weighted by molar-refractivity contribution is 5.99. The molecule has 5 nitrogen and oxygen atoms in total. The fraction of sp³-hybridized carbons (Fsp3) is 0.300. The van der Waals surface area contributed by atoms with Gasteiger partial charge in [0.15, 0.2) is 0 Å². The van der Waals surface area contributed by atoms with Gasteiger partial charge in [-0.3, -0.25) is 9.59 Å². The van der Waals surface area contributed by atoms with Crippen molar-refractivity contribution in [3.63, 3.8) is 0 Å². The number of carbonyl (C=O) groups is 2. The van der Waals surface area contributed by atoms with Crippen LogP contribution >= 0.6 is 0 Å². The van der Waals surface area contributed by atoms with Crippen molar-refractivity contribution in [1.82, 2.24) is 4.90 Å². The molecule has 0 bridgehead atoms. The van der Waals surface area contributed by atoms with Crippen LogP contribution in [0.1, 0.15) is 21.5 Å². The molecule has 0 spiro atoms. The third kappa shape index (κ3) is 3.09. The molecule has 1 saturated heterocycles. The van der Waals surface area contributed by atoms with E-state index in [2.05, 4.69) is 16.3 Å². The summed E-state index contributed by atoms with van der Waals surface area (Å²) in [4.78, 5) is 28.3. The number of benzene rings is 2. The lowest BCUT2D eigenvalue weighted by molar-refractivity contribution is -0.115. The largest absolute Gasteiger partial charge is 0.368 e. The van der Waals surface area contributed by atoms with Crippen LogP contribution in [0.15, 0.2) is 42.5 Å². The Morgan fingerprint density at radius 2 is 1.84 bits per heavy atom. The SMILES string of the molecule is Cc1cccc(C(=O)N2CCN(c3ccc4c(c3)CC(=O)N4)CC2)c1. The van der Waals surface area contributed by atoms with Gasteiger partial charge >= 0.3 is 0 Å². The molecule has 4 rings (SSSR count). The second kappa shape index (κ2) is 6.24. The number of amides is 2. The number of aryl methyl sites for hydroxylation is 1. The van der Waals surface area contributed by atoms with Gasteiger partial charge in [0.2, 0.25) is 5.91 Å². The molecule has 2 aromatic carbocycles. The average Bonchev–Trinajstić information content (AvgIpc) is 3.00. The van der Waals surface area contributed by atoms with E-state index in [1.54, 1.807) is 0 Å². The van der Waals surface area contributed by atoms with Crippen LogP contribution in [-0.2, 0) is 11.2 Å². The number of piperazine rings is 1. The van der Waals surface area contributed by atoms with Crippen molar-refractivity contribution in [3.8, 4) is 0 Å². The van der Waals surface area contributed by atoms with Crippen LogP contribution in [0, 0.1) is 6.92 Å². The zero-order chi connectivity index (χ0) is 17.4. The molecule has 128 valence electrons. The first-order valence-electron chi connectivity index (χ1n) is 8.64. The first-order valence-corrected chi connectivity index (χ1v) is 8.64. The van der Waals surface area contributed by atoms with Gasteiger partial charge in [-0.05, 0) is 42.8 Å². The van der Waals surface area contributed by atoms with Crippen molar-refractivity contribution in [2.24, 2.45) is 0 Å². The van der Waals surface area contributed by atoms with Crippen LogP contribution in [0.4, 0.5) is 11.4 Å². The molecular weight excluding hydrogens is 314 g/mol. The standard InChI is InChI=1S/C20H21N3O2/c1-14-3-2-4-15(11-14)20(25)23-9-7-22(8-10-23)17-5-6-18-16(12-17)13-19(24)21-18/h2-6,11-12H,7-10,13H2,1H3,(H,21,24). The zero-order valence-electron chi connectivity index (χ0n) is 14.3. The summed E-state index contributed by atoms with van der Waals surface area (Å²) in [5.41, 5.74) is 4.96. The molecule has 5 heteroatoms. The predicted molar refractivity (Wildman–Crippen MR) is 98.1 cm³/mol. The highest BCUT2D eigenvalue weighted by atomic mass is 16.2. The second-order valence-electron chi connectivity index (χ2n) is 6.72. The lowest BCUT2D eigenvalue weighted by Gasteiger charge is -2.36. The van der Waals surface area contributed by atoms with Gasteiger partial charge in [0, 0.05) is 43.1 Å². The van der Waals surface area contributed by atoms with Gasteiger partial charge in [-0.1, -0.05) is 17.7 Å². The molecule has 0 aliphatic carbocycles. The monoisotopic (exact) mass is 335 g/mol. The summed E-state index contributed by atoms with van der Waals surface area (Å²) in [6, 6.07) is 13.9. The van der Waals surface area contributed by atoms with Crippen LogP contribution < -0.4 is 10.2 Å². The molecular formula is C20H21N3O2. The molecule has 1 N–H and O–H groups in total. The number of carbonyl (C=O) groups excluding carboxylic acids is 2. The molecule has 0 radical (unpaired) electrons. The Morgan fingerprint density at radius 3 is 2.60 bits per heavy atom. The van der Waals surface area contributed by atoms with Gasteiger partial charge in [0.1, 0.15) is 0 Å². The smallest absolute Gasteiger partial charge is 0.253 e. The Balaban J connectivity index is 1.43. The summed E-state index contributed by atoms with van der Waals surface area (Å²) >= 11 is 0. The minimum Gasteiger partial charge on any atom is -0.368 e. The fourth-order valence-corrected chi connectivity index (χ4v) is 3.54. The van der Waals surface area contributed by atoms with Gasteiger partial charge in [0.05, 0.1) is 6.42 Å². The van der Waals surface area contributed by atoms with E-state index in [1.165, 1.54) is 0 Å². The Morgan fingerprint density at radius 1 is 1.04 bits per heavy atom. The lowest BCUT2D eigenvalue weighted by atomic mass is 10.1. The maximum Gasteiger partial charge on any atom is 0.253 e. The number of nitrogens with zero attached hydrogens (tertiary/aromatic N) is 2. The molecule has 2 heterocycles. The van der Waals surface area contributed by atoms with Gasteiger partial charge in [-0.25, -0.2) is 0 Å². The second-order valence-corrected chi connectivity index (χ2v) is 6.72. The fourth-order valence-electron chi connectivity index (χ4n) is 3.54. The van der Waals surface area contributed by atoms with Crippen LogP contribution in [0.3, 0.4) is 0 Å². The number of rotatable bonds is 2. The van der Waals surface area contributed by atoms with Crippen LogP contribution in [0.2, 0.25) is 0 Å². The van der Waals surface area contributed by atoms with Gasteiger partial charge in [-0.2, -0.15) is 0 Å². The summed E-state index contributed by atoms with van der Waals surface area (Å²) in [5, 5.41) is 2.86. The number of nitrogens with one attached hydrogen (secondary N) is 1. The van der Waals surface area contributed by atoms with Crippen molar-refractivity contribution in [2.45, 2.75) is 13.3 Å². The maximum atomic E-state index is 12.6. The average molecular weight is 335 g/mol. The Bertz CT molecular complexity index is 839. The minimum absolute atomic E-state index is 0.0562. The predicted octanol–water partition coefficient (Wildman–Crippen LogP) is 2.45. The Kier molecular flexibility index (Phi) is 3.92. The molecule has 0 unspecified atom stereocenters. The van der Waals surface area contributed by atoms with E-state index < -0.39 is 0 Å². The van der Waals surface area contributed by atoms with Crippen molar-refractivity contribution < 1.29 is 9.59 Å². The molecule has 2 aliphatic heterocycles. The summed E-state index contributed by atoms with van der Waals surface area (Å²) in [6.07, 6.45) is 0.453. The topological polar surface area (TPSA) is 52.7 Å². The Labute approximate surface area is 147 Å². The summed E-state index contributed by atoms with van der Waals surface area (Å²) in [5.74, 6) is 0.160. The van der Waals surface area contributed by atoms with Crippen molar-refractivity contribution >= 4 is 23.2 Å². The van der Waals surface area contributed by atoms with Crippen molar-refractivity contribution in [3.05, 3.63) is 59.2 Å². The summed E-state index contributed by atoms with van der Waals surface area (Å²) in [6.45, 7) is 5.03. The highest BCUT2D eigenvalue weighted by Gasteiger charge is 2.24. The third-order valence-electron chi connectivity index (χ3n) is 4.91. The van der Waals surface area contributed by atoms with E-state index >= 15 is 0 Å². The number of anilines is 2. The first-order chi connectivity index (χ1) is 12.1. The van der Waals surface area contributed by atoms with E-state index in [4.69, 9.17) is 0 Å². The molecule has 2 aromatic rings. The van der Waals surface area contributed by atoms with Crippen molar-refractivity contribution in [1.29, 1.82) is 0 Å². The first kappa shape index (κ1) is 15.7. The number of hydrogen-bond acceptors (Lipinski definition) is 3. The third-order valence-corrected chi connectivity index (χ3v) is 4.91. The van der Waals surface area contributed by atoms with Crippen LogP contribution in [-0.4, -0.2) is 42.9 Å². The van der Waals surface area contributed by atoms with Crippen LogP contribution in [0.5, 0.6) is 0 Å². The summed E-state index contributed by atoms with van der Waals surface area (Å²) in [7, 11) is 0. The quantitative estimate of drug-likeness (QED) is 0.917. The van der Waals surface area contributed by atoms with Gasteiger partial charge in [0.25, 0.3) is 5.91 Å². The highest BCUT2D eigenvalue weighted by Crippen LogP contribution is 2.28. The van der Waals surface area contributed by atoms with Gasteiger partial charge in [-0.15, -0.1) is 0 Å². The summed E-state index contributed by atoms with van der Waals surface area (Å²) < 4.78 is 0. The van der Waals surface area contributed by atoms with E-state index in [9.17, 15) is 9.59 Å². The minimum atomic E-state index is 0.0562. The number of fused-ring (bicyclic) bond motifs is 1. The van der Waals surface area contributed by atoms with E-state index in [1.807, 2.05) is 48.2 Å². The van der Waals surface area contributed by atoms with E-state index in [0.29, 0.717) is 19.5 Å². The van der Waals surface area contributed by atoms with E-state index in [-0.39, 0.29) is 11.8 Å². The number of hydrogen-bond donors (Lipinski definition) is 1. The molecule has 2 aliphatic rings. The van der Waals surface area contributed by atoms with E-state index in [0.717, 1.165) is 41.2 Å². The molecule has 0 saturated carbocycles. The molecule has 1 fully saturated rings. The molecule has 0 aromatic heterocycles. The molecule has 2 amide bonds. The van der Waals surface area contributed by atoms with Crippen LogP contribution in [0.25, 0.3) is 0 Å². The molecule has 0 atom stereocenters. The lowest BCUT2D eigenvalue weighted by Crippen LogP contribution is -2.48. The maximum absolute atomic E-state index is 12.6. The zero-order valence-corrected chi connectivity index (χ0v) is 14.3.